The molecule has 0 saturated carbocycles. The van der Waals surface area contributed by atoms with Gasteiger partial charge in [-0.1, -0.05) is 18.2 Å². The first-order valence-corrected chi connectivity index (χ1v) is 8.48. The summed E-state index contributed by atoms with van der Waals surface area (Å²) in [7, 11) is 1.99. The summed E-state index contributed by atoms with van der Waals surface area (Å²) in [5.74, 6) is 3.66. The van der Waals surface area contributed by atoms with Crippen molar-refractivity contribution in [3.8, 4) is 0 Å². The number of hydrogen-bond donors (Lipinski definition) is 1. The van der Waals surface area contributed by atoms with Crippen molar-refractivity contribution in [1.29, 1.82) is 0 Å². The Morgan fingerprint density at radius 3 is 3.05 bits per heavy atom. The molecule has 0 atom stereocenters. The van der Waals surface area contributed by atoms with E-state index in [1.807, 2.05) is 13.1 Å². The summed E-state index contributed by atoms with van der Waals surface area (Å²) in [5.41, 5.74) is 2.33. The van der Waals surface area contributed by atoms with Crippen molar-refractivity contribution in [2.45, 2.75) is 19.5 Å². The van der Waals surface area contributed by atoms with Crippen LogP contribution in [0.4, 0.5) is 0 Å². The van der Waals surface area contributed by atoms with E-state index in [0.29, 0.717) is 0 Å². The second-order valence-electron chi connectivity index (χ2n) is 5.27. The maximum atomic E-state index is 6.11. The van der Waals surface area contributed by atoms with Crippen LogP contribution in [0.3, 0.4) is 0 Å². The first kappa shape index (κ1) is 14.0. The van der Waals surface area contributed by atoms with E-state index in [1.165, 1.54) is 42.0 Å². The molecule has 1 fully saturated rings. The molecular weight excluding hydrogens is 268 g/mol. The predicted octanol–water partition coefficient (Wildman–Crippen LogP) is 3.09. The van der Waals surface area contributed by atoms with E-state index in [2.05, 4.69) is 40.2 Å². The largest absolute Gasteiger partial charge is 0.459 e. The minimum absolute atomic E-state index is 0.870. The lowest BCUT2D eigenvalue weighted by molar-refractivity contribution is 0.263. The maximum absolute atomic E-state index is 6.11. The Morgan fingerprint density at radius 2 is 2.15 bits per heavy atom. The highest BCUT2D eigenvalue weighted by atomic mass is 32.2. The zero-order valence-electron chi connectivity index (χ0n) is 12.0. The summed E-state index contributed by atoms with van der Waals surface area (Å²) >= 11 is 2.06. The lowest BCUT2D eigenvalue weighted by Crippen LogP contribution is -2.26. The third-order valence-electron chi connectivity index (χ3n) is 3.82. The van der Waals surface area contributed by atoms with Crippen molar-refractivity contribution >= 4 is 22.7 Å². The molecule has 0 radical (unpaired) electrons. The topological polar surface area (TPSA) is 28.4 Å². The molecule has 1 aromatic heterocycles. The van der Waals surface area contributed by atoms with Crippen LogP contribution in [0.25, 0.3) is 11.0 Å². The molecule has 108 valence electrons. The molecule has 1 aliphatic rings. The van der Waals surface area contributed by atoms with Gasteiger partial charge in [-0.25, -0.2) is 0 Å². The molecule has 1 N–H and O–H groups in total. The van der Waals surface area contributed by atoms with Gasteiger partial charge in [0.1, 0.15) is 11.3 Å². The zero-order chi connectivity index (χ0) is 13.8. The second-order valence-corrected chi connectivity index (χ2v) is 6.50. The second kappa shape index (κ2) is 6.66. The van der Waals surface area contributed by atoms with Gasteiger partial charge >= 0.3 is 0 Å². The molecule has 1 aromatic carbocycles. The van der Waals surface area contributed by atoms with Crippen LogP contribution in [-0.2, 0) is 13.1 Å². The van der Waals surface area contributed by atoms with Crippen LogP contribution in [-0.4, -0.2) is 36.5 Å². The lowest BCUT2D eigenvalue weighted by atomic mass is 10.1. The molecule has 3 nitrogen and oxygen atoms in total. The van der Waals surface area contributed by atoms with Crippen LogP contribution in [0.5, 0.6) is 0 Å². The van der Waals surface area contributed by atoms with Gasteiger partial charge in [-0.15, -0.1) is 0 Å². The van der Waals surface area contributed by atoms with Crippen molar-refractivity contribution in [2.75, 3.05) is 31.6 Å². The van der Waals surface area contributed by atoms with E-state index < -0.39 is 0 Å². The van der Waals surface area contributed by atoms with E-state index in [1.54, 1.807) is 0 Å². The van der Waals surface area contributed by atoms with Crippen molar-refractivity contribution in [3.63, 3.8) is 0 Å². The van der Waals surface area contributed by atoms with Crippen LogP contribution < -0.4 is 5.32 Å². The molecule has 0 bridgehead atoms. The Labute approximate surface area is 124 Å². The van der Waals surface area contributed by atoms with Gasteiger partial charge in [0.2, 0.25) is 0 Å². The van der Waals surface area contributed by atoms with Crippen molar-refractivity contribution in [3.05, 3.63) is 35.6 Å². The highest BCUT2D eigenvalue weighted by Gasteiger charge is 2.17. The Bertz CT molecular complexity index is 559. The molecule has 4 heteroatoms. The molecule has 1 aliphatic heterocycles. The van der Waals surface area contributed by atoms with Gasteiger partial charge in [0.05, 0.1) is 6.54 Å². The minimum atomic E-state index is 0.870. The predicted molar refractivity (Wildman–Crippen MR) is 86.2 cm³/mol. The number of para-hydroxylation sites is 1. The third-order valence-corrected chi connectivity index (χ3v) is 4.87. The fourth-order valence-corrected chi connectivity index (χ4v) is 3.73. The number of thioether (sulfide) groups is 1. The molecular formula is C16H22N2OS. The van der Waals surface area contributed by atoms with Crippen LogP contribution >= 0.6 is 11.8 Å². The smallest absolute Gasteiger partial charge is 0.134 e. The number of furan rings is 1. The van der Waals surface area contributed by atoms with Crippen molar-refractivity contribution in [1.82, 2.24) is 10.2 Å². The lowest BCUT2D eigenvalue weighted by Gasteiger charge is -2.18. The molecule has 20 heavy (non-hydrogen) atoms. The Balaban J connectivity index is 1.87. The molecule has 3 rings (SSSR count). The fourth-order valence-electron chi connectivity index (χ4n) is 2.81. The van der Waals surface area contributed by atoms with E-state index in [-0.39, 0.29) is 0 Å². The number of benzene rings is 1. The normalized spacial score (nSPS) is 17.4. The van der Waals surface area contributed by atoms with E-state index in [4.69, 9.17) is 4.42 Å². The summed E-state index contributed by atoms with van der Waals surface area (Å²) in [6, 6.07) is 8.36. The van der Waals surface area contributed by atoms with Crippen LogP contribution in [0.15, 0.2) is 28.7 Å². The molecule has 2 heterocycles. The van der Waals surface area contributed by atoms with Gasteiger partial charge in [0.15, 0.2) is 0 Å². The van der Waals surface area contributed by atoms with Gasteiger partial charge in [-0.3, -0.25) is 4.90 Å². The Hall–Kier alpha value is -0.970. The summed E-state index contributed by atoms with van der Waals surface area (Å²) in [4.78, 5) is 2.52. The number of hydrogen-bond acceptors (Lipinski definition) is 4. The van der Waals surface area contributed by atoms with Crippen LogP contribution in [0.1, 0.15) is 17.7 Å². The zero-order valence-corrected chi connectivity index (χ0v) is 12.8. The first-order valence-electron chi connectivity index (χ1n) is 7.32. The van der Waals surface area contributed by atoms with E-state index in [9.17, 15) is 0 Å². The monoisotopic (exact) mass is 290 g/mol. The standard InChI is InChI=1S/C16H22N2OS/c1-17-11-14-13-5-2-3-6-15(13)19-16(14)12-18-7-4-9-20-10-8-18/h2-3,5-6,17H,4,7-12H2,1H3. The van der Waals surface area contributed by atoms with Crippen molar-refractivity contribution in [2.24, 2.45) is 0 Å². The number of nitrogens with one attached hydrogen (secondary N) is 1. The first-order chi connectivity index (χ1) is 9.88. The molecule has 2 aromatic rings. The number of rotatable bonds is 4. The quantitative estimate of drug-likeness (QED) is 0.936. The molecule has 1 saturated heterocycles. The molecule has 0 amide bonds. The van der Waals surface area contributed by atoms with E-state index in [0.717, 1.165) is 24.4 Å². The van der Waals surface area contributed by atoms with Gasteiger partial charge in [0.25, 0.3) is 0 Å². The van der Waals surface area contributed by atoms with Crippen LogP contribution in [0.2, 0.25) is 0 Å². The van der Waals surface area contributed by atoms with Gasteiger partial charge in [-0.05, 0) is 31.8 Å². The minimum Gasteiger partial charge on any atom is -0.459 e. The number of nitrogens with zero attached hydrogens (tertiary/aromatic N) is 1. The average molecular weight is 290 g/mol. The summed E-state index contributed by atoms with van der Waals surface area (Å²) in [6.07, 6.45) is 1.28. The number of fused-ring (bicyclic) bond motifs is 1. The summed E-state index contributed by atoms with van der Waals surface area (Å²) < 4.78 is 6.11. The highest BCUT2D eigenvalue weighted by molar-refractivity contribution is 7.99. The van der Waals surface area contributed by atoms with Crippen molar-refractivity contribution < 1.29 is 4.42 Å². The Kier molecular flexibility index (Phi) is 4.65. The SMILES string of the molecule is CNCc1c(CN2CCCSCC2)oc2ccccc12. The Morgan fingerprint density at radius 1 is 1.25 bits per heavy atom. The fraction of sp³-hybridized carbons (Fsp3) is 0.500. The van der Waals surface area contributed by atoms with Crippen LogP contribution in [0, 0.1) is 0 Å². The molecule has 0 unspecified atom stereocenters. The summed E-state index contributed by atoms with van der Waals surface area (Å²) in [5, 5.41) is 4.52. The van der Waals surface area contributed by atoms with Gasteiger partial charge in [-0.2, -0.15) is 11.8 Å². The van der Waals surface area contributed by atoms with Gasteiger partial charge in [0, 0.05) is 29.8 Å². The summed E-state index contributed by atoms with van der Waals surface area (Å²) in [6.45, 7) is 4.16. The highest BCUT2D eigenvalue weighted by Crippen LogP contribution is 2.27. The molecule has 0 spiro atoms. The van der Waals surface area contributed by atoms with Gasteiger partial charge < -0.3 is 9.73 Å². The van der Waals surface area contributed by atoms with E-state index >= 15 is 0 Å². The maximum Gasteiger partial charge on any atom is 0.134 e. The molecule has 0 aliphatic carbocycles. The third kappa shape index (κ3) is 3.03. The average Bonchev–Trinajstić information content (AvgIpc) is 2.64.